The summed E-state index contributed by atoms with van der Waals surface area (Å²) in [5.74, 6) is 0.725. The van der Waals surface area contributed by atoms with E-state index in [1.54, 1.807) is 38.4 Å². The number of anilines is 1. The molecule has 0 aliphatic heterocycles. The van der Waals surface area contributed by atoms with Gasteiger partial charge in [0.05, 0.1) is 13.2 Å². The molecule has 84 valence electrons. The summed E-state index contributed by atoms with van der Waals surface area (Å²) in [6, 6.07) is 8.55. The van der Waals surface area contributed by atoms with Crippen LogP contribution in [0.2, 0.25) is 0 Å². The maximum atomic E-state index is 11.5. The average molecular weight is 219 g/mol. The summed E-state index contributed by atoms with van der Waals surface area (Å²) in [5.41, 5.74) is 0.663. The molecule has 1 aromatic carbocycles. The number of nitrogens with zero attached hydrogens (tertiary/aromatic N) is 2. The highest BCUT2D eigenvalue weighted by molar-refractivity contribution is 5.89. The number of benzene rings is 1. The third-order valence-corrected chi connectivity index (χ3v) is 2.00. The van der Waals surface area contributed by atoms with E-state index in [2.05, 4.69) is 5.32 Å². The standard InChI is InChI=1S/C11H13N3O2/c1-14(8-7-12)11(15)13-9-3-5-10(16-2)6-4-9/h3-6H,8H2,1-2H3,(H,13,15). The largest absolute Gasteiger partial charge is 0.497 e. The molecule has 0 bridgehead atoms. The van der Waals surface area contributed by atoms with Crippen molar-refractivity contribution in [1.82, 2.24) is 4.90 Å². The van der Waals surface area contributed by atoms with E-state index >= 15 is 0 Å². The van der Waals surface area contributed by atoms with E-state index < -0.39 is 0 Å². The van der Waals surface area contributed by atoms with Crippen LogP contribution < -0.4 is 10.1 Å². The molecule has 0 aromatic heterocycles. The predicted molar refractivity (Wildman–Crippen MR) is 60.3 cm³/mol. The molecule has 0 aliphatic carbocycles. The number of hydrogen-bond acceptors (Lipinski definition) is 3. The smallest absolute Gasteiger partial charge is 0.322 e. The van der Waals surface area contributed by atoms with Crippen molar-refractivity contribution in [3.8, 4) is 11.8 Å². The summed E-state index contributed by atoms with van der Waals surface area (Å²) in [4.78, 5) is 12.8. The van der Waals surface area contributed by atoms with Crippen LogP contribution >= 0.6 is 0 Å². The second kappa shape index (κ2) is 5.61. The fourth-order valence-corrected chi connectivity index (χ4v) is 1.07. The van der Waals surface area contributed by atoms with E-state index in [9.17, 15) is 4.79 Å². The van der Waals surface area contributed by atoms with Gasteiger partial charge in [0.1, 0.15) is 12.3 Å². The van der Waals surface area contributed by atoms with Gasteiger partial charge in [-0.25, -0.2) is 4.79 Å². The number of ether oxygens (including phenoxy) is 1. The van der Waals surface area contributed by atoms with Crippen LogP contribution in [0.25, 0.3) is 0 Å². The number of carbonyl (C=O) groups excluding carboxylic acids is 1. The number of nitrogens with one attached hydrogen (secondary N) is 1. The molecule has 1 N–H and O–H groups in total. The van der Waals surface area contributed by atoms with Crippen LogP contribution in [0, 0.1) is 11.3 Å². The Morgan fingerprint density at radius 2 is 2.12 bits per heavy atom. The fraction of sp³-hybridized carbons (Fsp3) is 0.273. The second-order valence-corrected chi connectivity index (χ2v) is 3.17. The van der Waals surface area contributed by atoms with Gasteiger partial charge in [-0.2, -0.15) is 5.26 Å². The van der Waals surface area contributed by atoms with Gasteiger partial charge < -0.3 is 15.0 Å². The van der Waals surface area contributed by atoms with Gasteiger partial charge in [0, 0.05) is 12.7 Å². The maximum Gasteiger partial charge on any atom is 0.322 e. The van der Waals surface area contributed by atoms with Crippen molar-refractivity contribution >= 4 is 11.7 Å². The van der Waals surface area contributed by atoms with E-state index in [1.807, 2.05) is 6.07 Å². The zero-order valence-corrected chi connectivity index (χ0v) is 9.23. The van der Waals surface area contributed by atoms with E-state index in [4.69, 9.17) is 10.00 Å². The Hall–Kier alpha value is -2.22. The average Bonchev–Trinajstić information content (AvgIpc) is 2.30. The van der Waals surface area contributed by atoms with E-state index in [0.717, 1.165) is 5.75 Å². The molecule has 2 amide bonds. The van der Waals surface area contributed by atoms with E-state index in [1.165, 1.54) is 4.90 Å². The number of carbonyl (C=O) groups is 1. The summed E-state index contributed by atoms with van der Waals surface area (Å²) >= 11 is 0. The Balaban J connectivity index is 2.59. The lowest BCUT2D eigenvalue weighted by molar-refractivity contribution is 0.227. The monoisotopic (exact) mass is 219 g/mol. The van der Waals surface area contributed by atoms with Crippen molar-refractivity contribution in [2.24, 2.45) is 0 Å². The summed E-state index contributed by atoms with van der Waals surface area (Å²) < 4.78 is 4.99. The number of hydrogen-bond donors (Lipinski definition) is 1. The van der Waals surface area contributed by atoms with Gasteiger partial charge >= 0.3 is 6.03 Å². The number of rotatable bonds is 3. The number of urea groups is 1. The number of amides is 2. The minimum Gasteiger partial charge on any atom is -0.497 e. The molecule has 0 atom stereocenters. The Kier molecular flexibility index (Phi) is 4.16. The van der Waals surface area contributed by atoms with Crippen LogP contribution in [0.1, 0.15) is 0 Å². The van der Waals surface area contributed by atoms with Crippen LogP contribution in [0.3, 0.4) is 0 Å². The zero-order chi connectivity index (χ0) is 12.0. The third-order valence-electron chi connectivity index (χ3n) is 2.00. The lowest BCUT2D eigenvalue weighted by atomic mass is 10.3. The van der Waals surface area contributed by atoms with Gasteiger partial charge in [-0.05, 0) is 24.3 Å². The molecule has 5 heteroatoms. The first kappa shape index (κ1) is 11.9. The van der Waals surface area contributed by atoms with Crippen LogP contribution in [-0.4, -0.2) is 31.6 Å². The molecule has 0 radical (unpaired) electrons. The van der Waals surface area contributed by atoms with Gasteiger partial charge in [-0.3, -0.25) is 0 Å². The summed E-state index contributed by atoms with van der Waals surface area (Å²) in [5, 5.41) is 11.1. The van der Waals surface area contributed by atoms with Crippen molar-refractivity contribution < 1.29 is 9.53 Å². The van der Waals surface area contributed by atoms with Gasteiger partial charge in [-0.1, -0.05) is 0 Å². The molecule has 0 saturated heterocycles. The molecule has 0 saturated carbocycles. The predicted octanol–water partition coefficient (Wildman–Crippen LogP) is 1.68. The van der Waals surface area contributed by atoms with Crippen molar-refractivity contribution in [1.29, 1.82) is 5.26 Å². The molecule has 5 nitrogen and oxygen atoms in total. The van der Waals surface area contributed by atoms with Crippen LogP contribution in [0.5, 0.6) is 5.75 Å². The molecule has 0 aliphatic rings. The van der Waals surface area contributed by atoms with E-state index in [-0.39, 0.29) is 12.6 Å². The first-order chi connectivity index (χ1) is 7.67. The molecule has 1 aromatic rings. The first-order valence-electron chi connectivity index (χ1n) is 4.70. The zero-order valence-electron chi connectivity index (χ0n) is 9.23. The highest BCUT2D eigenvalue weighted by Crippen LogP contribution is 2.15. The molecule has 1 rings (SSSR count). The van der Waals surface area contributed by atoms with Crippen LogP contribution in [-0.2, 0) is 0 Å². The van der Waals surface area contributed by atoms with Gasteiger partial charge in [-0.15, -0.1) is 0 Å². The second-order valence-electron chi connectivity index (χ2n) is 3.17. The minimum absolute atomic E-state index is 0.0575. The quantitative estimate of drug-likeness (QED) is 0.786. The summed E-state index contributed by atoms with van der Waals surface area (Å²) in [6.45, 7) is 0.0575. The normalized spacial score (nSPS) is 9.06. The molecule has 0 heterocycles. The van der Waals surface area contributed by atoms with Crippen LogP contribution in [0.4, 0.5) is 10.5 Å². The van der Waals surface area contributed by atoms with E-state index in [0.29, 0.717) is 5.69 Å². The van der Waals surface area contributed by atoms with Crippen molar-refractivity contribution in [2.75, 3.05) is 26.0 Å². The molecule has 0 fully saturated rings. The molecular weight excluding hydrogens is 206 g/mol. The minimum atomic E-state index is -0.313. The lowest BCUT2D eigenvalue weighted by Crippen LogP contribution is -2.31. The molecular formula is C11H13N3O2. The van der Waals surface area contributed by atoms with Crippen molar-refractivity contribution in [3.05, 3.63) is 24.3 Å². The third kappa shape index (κ3) is 3.17. The Morgan fingerprint density at radius 1 is 1.50 bits per heavy atom. The fourth-order valence-electron chi connectivity index (χ4n) is 1.07. The molecule has 0 spiro atoms. The molecule has 0 unspecified atom stereocenters. The Labute approximate surface area is 94.2 Å². The molecule has 16 heavy (non-hydrogen) atoms. The SMILES string of the molecule is COc1ccc(NC(=O)N(C)CC#N)cc1. The Bertz CT molecular complexity index is 395. The summed E-state index contributed by atoms with van der Waals surface area (Å²) in [7, 11) is 3.14. The topological polar surface area (TPSA) is 65.4 Å². The van der Waals surface area contributed by atoms with Gasteiger partial charge in [0.15, 0.2) is 0 Å². The lowest BCUT2D eigenvalue weighted by Gasteiger charge is -2.14. The van der Waals surface area contributed by atoms with Crippen LogP contribution in [0.15, 0.2) is 24.3 Å². The highest BCUT2D eigenvalue weighted by Gasteiger charge is 2.07. The van der Waals surface area contributed by atoms with Gasteiger partial charge in [0.2, 0.25) is 0 Å². The highest BCUT2D eigenvalue weighted by atomic mass is 16.5. The van der Waals surface area contributed by atoms with Crippen molar-refractivity contribution in [2.45, 2.75) is 0 Å². The first-order valence-corrected chi connectivity index (χ1v) is 4.70. The number of methoxy groups -OCH3 is 1. The Morgan fingerprint density at radius 3 is 2.62 bits per heavy atom. The summed E-state index contributed by atoms with van der Waals surface area (Å²) in [6.07, 6.45) is 0. The van der Waals surface area contributed by atoms with Gasteiger partial charge in [0.25, 0.3) is 0 Å². The van der Waals surface area contributed by atoms with Crippen molar-refractivity contribution in [3.63, 3.8) is 0 Å². The number of nitriles is 1. The maximum absolute atomic E-state index is 11.5.